The maximum absolute atomic E-state index is 5.85. The van der Waals surface area contributed by atoms with E-state index in [4.69, 9.17) is 8.85 Å². The molecule has 0 fully saturated rings. The predicted molar refractivity (Wildman–Crippen MR) is 77.4 cm³/mol. The van der Waals surface area contributed by atoms with Crippen LogP contribution in [0.15, 0.2) is 30.3 Å². The summed E-state index contributed by atoms with van der Waals surface area (Å²) in [6, 6.07) is 10.4. The predicted octanol–water partition coefficient (Wildman–Crippen LogP) is 2.91. The fourth-order valence-corrected chi connectivity index (χ4v) is 5.85. The fourth-order valence-electron chi connectivity index (χ4n) is 2.57. The Morgan fingerprint density at radius 2 is 1.67 bits per heavy atom. The first-order valence-electron chi connectivity index (χ1n) is 6.13. The van der Waals surface area contributed by atoms with E-state index < -0.39 is 8.56 Å². The van der Waals surface area contributed by atoms with Gasteiger partial charge in [-0.05, 0) is 17.5 Å². The largest absolute Gasteiger partial charge is 0.394 e. The number of aromatic nitrogens is 1. The quantitative estimate of drug-likeness (QED) is 0.864. The molecule has 0 radical (unpaired) electrons. The van der Waals surface area contributed by atoms with E-state index in [1.54, 1.807) is 14.2 Å². The lowest BCUT2D eigenvalue weighted by atomic mass is 10.2. The first-order valence-corrected chi connectivity index (χ1v) is 7.95. The molecule has 0 aliphatic heterocycles. The molecule has 18 heavy (non-hydrogen) atoms. The number of nitrogens with one attached hydrogen (secondary N) is 1. The monoisotopic (exact) mass is 263 g/mol. The molecule has 2 rings (SSSR count). The summed E-state index contributed by atoms with van der Waals surface area (Å²) >= 11 is 0. The third-order valence-corrected chi connectivity index (χ3v) is 7.55. The second kappa shape index (κ2) is 4.53. The van der Waals surface area contributed by atoms with Crippen LogP contribution < -0.4 is 5.32 Å². The highest BCUT2D eigenvalue weighted by molar-refractivity contribution is 6.83. The standard InChI is InChI=1S/C14H21NO2Si/c1-14(2,3)18(16-4,17-5)13-10-11-8-6-7-9-12(11)15-13/h6-10,15H,1-5H3. The number of hydrogen-bond donors (Lipinski definition) is 1. The Kier molecular flexibility index (Phi) is 3.36. The Labute approximate surface area is 109 Å². The summed E-state index contributed by atoms with van der Waals surface area (Å²) in [5.74, 6) is 0. The number of benzene rings is 1. The van der Waals surface area contributed by atoms with Crippen molar-refractivity contribution in [1.82, 2.24) is 4.98 Å². The van der Waals surface area contributed by atoms with Crippen LogP contribution in [-0.4, -0.2) is 27.8 Å². The van der Waals surface area contributed by atoms with Gasteiger partial charge >= 0.3 is 8.56 Å². The van der Waals surface area contributed by atoms with E-state index in [2.05, 4.69) is 44.0 Å². The molecule has 0 aliphatic rings. The second-order valence-corrected chi connectivity index (χ2v) is 9.63. The van der Waals surface area contributed by atoms with Gasteiger partial charge in [0.25, 0.3) is 0 Å². The molecular weight excluding hydrogens is 242 g/mol. The highest BCUT2D eigenvalue weighted by atomic mass is 28.4. The lowest BCUT2D eigenvalue weighted by Crippen LogP contribution is -2.59. The van der Waals surface area contributed by atoms with E-state index in [0.717, 1.165) is 10.8 Å². The molecule has 0 amide bonds. The van der Waals surface area contributed by atoms with Crippen molar-refractivity contribution in [2.24, 2.45) is 0 Å². The minimum atomic E-state index is -2.46. The summed E-state index contributed by atoms with van der Waals surface area (Å²) < 4.78 is 11.7. The van der Waals surface area contributed by atoms with Crippen molar-refractivity contribution in [3.8, 4) is 0 Å². The Morgan fingerprint density at radius 1 is 1.06 bits per heavy atom. The van der Waals surface area contributed by atoms with E-state index >= 15 is 0 Å². The normalized spacial score (nSPS) is 13.2. The molecule has 0 spiro atoms. The molecule has 0 atom stereocenters. The Bertz CT molecular complexity index is 505. The zero-order valence-corrected chi connectivity index (χ0v) is 12.7. The first-order chi connectivity index (χ1) is 8.44. The van der Waals surface area contributed by atoms with Crippen LogP contribution in [-0.2, 0) is 8.85 Å². The fraction of sp³-hybridized carbons (Fsp3) is 0.429. The highest BCUT2D eigenvalue weighted by Gasteiger charge is 2.51. The molecule has 1 aromatic carbocycles. The van der Waals surface area contributed by atoms with Crippen molar-refractivity contribution in [2.75, 3.05) is 14.2 Å². The lowest BCUT2D eigenvalue weighted by molar-refractivity contribution is 0.229. The molecule has 3 nitrogen and oxygen atoms in total. The zero-order chi connectivity index (χ0) is 13.4. The SMILES string of the molecule is CO[Si](OC)(c1cc2ccccc2[nH]1)C(C)(C)C. The van der Waals surface area contributed by atoms with Crippen LogP contribution in [0.1, 0.15) is 20.8 Å². The summed E-state index contributed by atoms with van der Waals surface area (Å²) in [5.41, 5.74) is 1.13. The van der Waals surface area contributed by atoms with Crippen molar-refractivity contribution >= 4 is 24.8 Å². The number of fused-ring (bicyclic) bond motifs is 1. The van der Waals surface area contributed by atoms with Crippen LogP contribution in [0.3, 0.4) is 0 Å². The number of hydrogen-bond acceptors (Lipinski definition) is 2. The van der Waals surface area contributed by atoms with Crippen LogP contribution in [0.25, 0.3) is 10.9 Å². The average molecular weight is 263 g/mol. The van der Waals surface area contributed by atoms with Crippen LogP contribution in [0.2, 0.25) is 5.04 Å². The van der Waals surface area contributed by atoms with Crippen molar-refractivity contribution < 1.29 is 8.85 Å². The number of rotatable bonds is 3. The Hall–Kier alpha value is -1.10. The molecule has 0 bridgehead atoms. The van der Waals surface area contributed by atoms with E-state index in [-0.39, 0.29) is 5.04 Å². The molecule has 1 heterocycles. The van der Waals surface area contributed by atoms with Gasteiger partial charge < -0.3 is 13.8 Å². The molecule has 0 saturated carbocycles. The van der Waals surface area contributed by atoms with Gasteiger partial charge in [0.1, 0.15) is 0 Å². The molecule has 0 unspecified atom stereocenters. The zero-order valence-electron chi connectivity index (χ0n) is 11.7. The van der Waals surface area contributed by atoms with Gasteiger partial charge in [0.2, 0.25) is 0 Å². The lowest BCUT2D eigenvalue weighted by Gasteiger charge is -2.37. The van der Waals surface area contributed by atoms with Crippen LogP contribution in [0.4, 0.5) is 0 Å². The number of H-pyrrole nitrogens is 1. The van der Waals surface area contributed by atoms with Crippen LogP contribution >= 0.6 is 0 Å². The summed E-state index contributed by atoms with van der Waals surface area (Å²) in [6.07, 6.45) is 0. The Balaban J connectivity index is 2.62. The third-order valence-electron chi connectivity index (χ3n) is 3.45. The van der Waals surface area contributed by atoms with Crippen molar-refractivity contribution in [2.45, 2.75) is 25.8 Å². The average Bonchev–Trinajstić information content (AvgIpc) is 2.73. The van der Waals surface area contributed by atoms with Crippen molar-refractivity contribution in [1.29, 1.82) is 0 Å². The minimum Gasteiger partial charge on any atom is -0.393 e. The van der Waals surface area contributed by atoms with Gasteiger partial charge in [-0.3, -0.25) is 0 Å². The van der Waals surface area contributed by atoms with E-state index in [1.165, 1.54) is 5.39 Å². The smallest absolute Gasteiger partial charge is 0.393 e. The first kappa shape index (κ1) is 13.3. The van der Waals surface area contributed by atoms with Gasteiger partial charge in [-0.1, -0.05) is 39.0 Å². The van der Waals surface area contributed by atoms with Gasteiger partial charge in [0.05, 0.1) is 5.32 Å². The van der Waals surface area contributed by atoms with Gasteiger partial charge in [-0.2, -0.15) is 0 Å². The molecule has 0 saturated heterocycles. The van der Waals surface area contributed by atoms with Gasteiger partial charge in [0.15, 0.2) is 0 Å². The summed E-state index contributed by atoms with van der Waals surface area (Å²) in [5, 5.41) is 2.24. The molecule has 0 aliphatic carbocycles. The van der Waals surface area contributed by atoms with E-state index in [9.17, 15) is 0 Å². The third kappa shape index (κ3) is 1.90. The summed E-state index contributed by atoms with van der Waals surface area (Å²) in [7, 11) is 1.03. The maximum atomic E-state index is 5.85. The van der Waals surface area contributed by atoms with E-state index in [1.807, 2.05) is 12.1 Å². The van der Waals surface area contributed by atoms with Crippen LogP contribution in [0, 0.1) is 0 Å². The van der Waals surface area contributed by atoms with Gasteiger partial charge in [-0.25, -0.2) is 0 Å². The number of aromatic amines is 1. The molecule has 1 aromatic heterocycles. The molecule has 1 N–H and O–H groups in total. The Morgan fingerprint density at radius 3 is 2.17 bits per heavy atom. The molecule has 2 aromatic rings. The van der Waals surface area contributed by atoms with Gasteiger partial charge in [0, 0.05) is 24.8 Å². The molecule has 98 valence electrons. The van der Waals surface area contributed by atoms with Gasteiger partial charge in [-0.15, -0.1) is 0 Å². The highest BCUT2D eigenvalue weighted by Crippen LogP contribution is 2.36. The van der Waals surface area contributed by atoms with Crippen molar-refractivity contribution in [3.63, 3.8) is 0 Å². The minimum absolute atomic E-state index is 0.0443. The summed E-state index contributed by atoms with van der Waals surface area (Å²) in [6.45, 7) is 6.49. The number of para-hydroxylation sites is 1. The molecular formula is C14H21NO2Si. The second-order valence-electron chi connectivity index (χ2n) is 5.55. The summed E-state index contributed by atoms with van der Waals surface area (Å²) in [4.78, 5) is 3.46. The van der Waals surface area contributed by atoms with Crippen molar-refractivity contribution in [3.05, 3.63) is 30.3 Å². The maximum Gasteiger partial charge on any atom is 0.394 e. The molecule has 4 heteroatoms. The van der Waals surface area contributed by atoms with E-state index in [0.29, 0.717) is 0 Å². The van der Waals surface area contributed by atoms with Crippen LogP contribution in [0.5, 0.6) is 0 Å². The topological polar surface area (TPSA) is 34.2 Å².